The van der Waals surface area contributed by atoms with E-state index in [4.69, 9.17) is 9.47 Å². The summed E-state index contributed by atoms with van der Waals surface area (Å²) < 4.78 is 12.5. The molecule has 2 rings (SSSR count). The van der Waals surface area contributed by atoms with Gasteiger partial charge in [0.25, 0.3) is 0 Å². The smallest absolute Gasteiger partial charge is 0.244 e. The fourth-order valence-corrected chi connectivity index (χ4v) is 3.08. The van der Waals surface area contributed by atoms with Crippen LogP contribution in [0.3, 0.4) is 0 Å². The lowest BCUT2D eigenvalue weighted by atomic mass is 10.1. The Morgan fingerprint density at radius 1 is 1.14 bits per heavy atom. The van der Waals surface area contributed by atoms with Crippen LogP contribution in [0.1, 0.15) is 25.0 Å². The third-order valence-electron chi connectivity index (χ3n) is 4.56. The summed E-state index contributed by atoms with van der Waals surface area (Å²) in [6.07, 6.45) is 3.29. The van der Waals surface area contributed by atoms with E-state index in [9.17, 15) is 4.79 Å². The van der Waals surface area contributed by atoms with Crippen molar-refractivity contribution in [3.63, 3.8) is 0 Å². The number of carbonyl (C=O) groups is 1. The van der Waals surface area contributed by atoms with Gasteiger partial charge in [-0.15, -0.1) is 0 Å². The predicted octanol–water partition coefficient (Wildman–Crippen LogP) is 4.51. The van der Waals surface area contributed by atoms with Crippen LogP contribution in [0, 0.1) is 0 Å². The van der Waals surface area contributed by atoms with Crippen molar-refractivity contribution in [2.45, 2.75) is 20.5 Å². The average molecular weight is 461 g/mol. The second-order valence-corrected chi connectivity index (χ2v) is 7.36. The molecule has 29 heavy (non-hydrogen) atoms. The summed E-state index contributed by atoms with van der Waals surface area (Å²) in [6, 6.07) is 13.6. The first-order chi connectivity index (χ1) is 14.1. The number of methoxy groups -OCH3 is 1. The summed E-state index contributed by atoms with van der Waals surface area (Å²) in [6.45, 7) is 8.05. The maximum atomic E-state index is 12.2. The highest BCUT2D eigenvalue weighted by Crippen LogP contribution is 2.32. The molecule has 0 aromatic heterocycles. The van der Waals surface area contributed by atoms with Gasteiger partial charge in [-0.2, -0.15) is 0 Å². The summed E-state index contributed by atoms with van der Waals surface area (Å²) in [5, 5.41) is 2.92. The second kappa shape index (κ2) is 12.3. The standard InChI is InChI=1S/C23H29BrN2O3/c1-4-26(5-2)16-15-25-22(27)14-11-19-7-6-8-21(28-3)23(19)29-17-18-9-12-20(24)13-10-18/h6-14H,4-5,15-17H2,1-3H3,(H,25,27)/b14-11+. The third kappa shape index (κ3) is 7.55. The van der Waals surface area contributed by atoms with Crippen molar-refractivity contribution in [1.29, 1.82) is 0 Å². The van der Waals surface area contributed by atoms with E-state index in [1.54, 1.807) is 13.2 Å². The van der Waals surface area contributed by atoms with E-state index in [0.29, 0.717) is 24.7 Å². The van der Waals surface area contributed by atoms with E-state index < -0.39 is 0 Å². The van der Waals surface area contributed by atoms with E-state index in [1.165, 1.54) is 6.08 Å². The molecule has 0 bridgehead atoms. The first kappa shape index (κ1) is 23.0. The van der Waals surface area contributed by atoms with Gasteiger partial charge in [0.2, 0.25) is 5.91 Å². The number of halogens is 1. The normalized spacial score (nSPS) is 11.1. The van der Waals surface area contributed by atoms with E-state index in [2.05, 4.69) is 40.0 Å². The minimum Gasteiger partial charge on any atom is -0.493 e. The molecule has 2 aromatic rings. The minimum absolute atomic E-state index is 0.126. The minimum atomic E-state index is -0.126. The fraction of sp³-hybridized carbons (Fsp3) is 0.348. The van der Waals surface area contributed by atoms with E-state index >= 15 is 0 Å². The first-order valence-electron chi connectivity index (χ1n) is 9.79. The molecule has 0 saturated carbocycles. The van der Waals surface area contributed by atoms with E-state index in [1.807, 2.05) is 42.5 Å². The number of nitrogens with zero attached hydrogens (tertiary/aromatic N) is 1. The van der Waals surface area contributed by atoms with Crippen molar-refractivity contribution in [2.75, 3.05) is 33.3 Å². The highest BCUT2D eigenvalue weighted by Gasteiger charge is 2.10. The van der Waals surface area contributed by atoms with Gasteiger partial charge in [-0.3, -0.25) is 4.79 Å². The molecular weight excluding hydrogens is 432 g/mol. The Bertz CT molecular complexity index is 802. The lowest BCUT2D eigenvalue weighted by molar-refractivity contribution is -0.116. The Balaban J connectivity index is 2.02. The summed E-state index contributed by atoms with van der Waals surface area (Å²) in [4.78, 5) is 14.4. The molecule has 6 heteroatoms. The molecular formula is C23H29BrN2O3. The second-order valence-electron chi connectivity index (χ2n) is 6.45. The number of rotatable bonds is 11. The molecule has 0 aliphatic rings. The Hall–Kier alpha value is -2.31. The molecule has 5 nitrogen and oxygen atoms in total. The van der Waals surface area contributed by atoms with Crippen LogP contribution in [-0.2, 0) is 11.4 Å². The number of carbonyl (C=O) groups excluding carboxylic acids is 1. The van der Waals surface area contributed by atoms with Crippen molar-refractivity contribution in [2.24, 2.45) is 0 Å². The van der Waals surface area contributed by atoms with Gasteiger partial charge in [0.15, 0.2) is 11.5 Å². The topological polar surface area (TPSA) is 50.8 Å². The first-order valence-corrected chi connectivity index (χ1v) is 10.6. The number of ether oxygens (including phenoxy) is 2. The summed E-state index contributed by atoms with van der Waals surface area (Å²) >= 11 is 3.43. The maximum absolute atomic E-state index is 12.2. The monoisotopic (exact) mass is 460 g/mol. The molecule has 0 aliphatic heterocycles. The molecule has 0 unspecified atom stereocenters. The van der Waals surface area contributed by atoms with Crippen LogP contribution in [0.4, 0.5) is 0 Å². The highest BCUT2D eigenvalue weighted by atomic mass is 79.9. The van der Waals surface area contributed by atoms with Crippen LogP contribution >= 0.6 is 15.9 Å². The number of amides is 1. The Morgan fingerprint density at radius 2 is 1.86 bits per heavy atom. The highest BCUT2D eigenvalue weighted by molar-refractivity contribution is 9.10. The molecule has 0 spiro atoms. The van der Waals surface area contributed by atoms with Crippen molar-refractivity contribution in [1.82, 2.24) is 10.2 Å². The van der Waals surface area contributed by atoms with Crippen LogP contribution in [0.2, 0.25) is 0 Å². The quantitative estimate of drug-likeness (QED) is 0.501. The lowest BCUT2D eigenvalue weighted by Gasteiger charge is -2.17. The van der Waals surface area contributed by atoms with Crippen molar-refractivity contribution < 1.29 is 14.3 Å². The lowest BCUT2D eigenvalue weighted by Crippen LogP contribution is -2.34. The van der Waals surface area contributed by atoms with Crippen LogP contribution in [-0.4, -0.2) is 44.1 Å². The Morgan fingerprint density at radius 3 is 2.52 bits per heavy atom. The largest absolute Gasteiger partial charge is 0.493 e. The van der Waals surface area contributed by atoms with Gasteiger partial charge in [0, 0.05) is 29.2 Å². The van der Waals surface area contributed by atoms with Crippen molar-refractivity contribution in [3.8, 4) is 11.5 Å². The number of nitrogens with one attached hydrogen (secondary N) is 1. The van der Waals surface area contributed by atoms with Gasteiger partial charge in [-0.05, 0) is 42.9 Å². The number of likely N-dealkylation sites (N-methyl/N-ethyl adjacent to an activating group) is 1. The summed E-state index contributed by atoms with van der Waals surface area (Å²) in [5.74, 6) is 1.12. The predicted molar refractivity (Wildman–Crippen MR) is 121 cm³/mol. The average Bonchev–Trinajstić information content (AvgIpc) is 2.75. The van der Waals surface area contributed by atoms with Crippen molar-refractivity contribution in [3.05, 3.63) is 64.1 Å². The maximum Gasteiger partial charge on any atom is 0.244 e. The van der Waals surface area contributed by atoms with Crippen LogP contribution in [0.25, 0.3) is 6.08 Å². The van der Waals surface area contributed by atoms with E-state index in [-0.39, 0.29) is 5.91 Å². The zero-order chi connectivity index (χ0) is 21.1. The molecule has 0 aliphatic carbocycles. The fourth-order valence-electron chi connectivity index (χ4n) is 2.82. The molecule has 0 saturated heterocycles. The van der Waals surface area contributed by atoms with Gasteiger partial charge >= 0.3 is 0 Å². The Labute approximate surface area is 181 Å². The Kier molecular flexibility index (Phi) is 9.74. The molecule has 1 N–H and O–H groups in total. The molecule has 2 aromatic carbocycles. The zero-order valence-corrected chi connectivity index (χ0v) is 18.9. The van der Waals surface area contributed by atoms with Crippen LogP contribution in [0.15, 0.2) is 53.0 Å². The molecule has 0 radical (unpaired) electrons. The molecule has 0 heterocycles. The number of para-hydroxylation sites is 1. The van der Waals surface area contributed by atoms with Gasteiger partial charge in [0.1, 0.15) is 6.61 Å². The molecule has 156 valence electrons. The van der Waals surface area contributed by atoms with Crippen LogP contribution in [0.5, 0.6) is 11.5 Å². The molecule has 0 fully saturated rings. The van der Waals surface area contributed by atoms with Gasteiger partial charge < -0.3 is 19.7 Å². The number of hydrogen-bond donors (Lipinski definition) is 1. The molecule has 0 atom stereocenters. The number of benzene rings is 2. The van der Waals surface area contributed by atoms with Crippen LogP contribution < -0.4 is 14.8 Å². The van der Waals surface area contributed by atoms with E-state index in [0.717, 1.165) is 35.2 Å². The summed E-state index contributed by atoms with van der Waals surface area (Å²) in [5.41, 5.74) is 1.84. The molecule has 1 amide bonds. The van der Waals surface area contributed by atoms with Gasteiger partial charge in [-0.25, -0.2) is 0 Å². The number of hydrogen-bond acceptors (Lipinski definition) is 4. The zero-order valence-electron chi connectivity index (χ0n) is 17.3. The summed E-state index contributed by atoms with van der Waals surface area (Å²) in [7, 11) is 1.61. The van der Waals surface area contributed by atoms with Gasteiger partial charge in [0.05, 0.1) is 7.11 Å². The van der Waals surface area contributed by atoms with Gasteiger partial charge in [-0.1, -0.05) is 54.0 Å². The third-order valence-corrected chi connectivity index (χ3v) is 5.09. The SMILES string of the molecule is CCN(CC)CCNC(=O)/C=C/c1cccc(OC)c1OCc1ccc(Br)cc1. The van der Waals surface area contributed by atoms with Crippen molar-refractivity contribution >= 4 is 27.9 Å².